The fourth-order valence-electron chi connectivity index (χ4n) is 3.88. The predicted molar refractivity (Wildman–Crippen MR) is 94.8 cm³/mol. The largest absolute Gasteiger partial charge is 0.361 e. The summed E-state index contributed by atoms with van der Waals surface area (Å²) in [7, 11) is 0. The number of hydrogen-bond acceptors (Lipinski definition) is 4. The normalized spacial score (nSPS) is 25.0. The highest BCUT2D eigenvalue weighted by molar-refractivity contribution is 5.27. The van der Waals surface area contributed by atoms with Crippen LogP contribution in [0.2, 0.25) is 0 Å². The molecule has 2 unspecified atom stereocenters. The van der Waals surface area contributed by atoms with Gasteiger partial charge in [0.05, 0.1) is 5.69 Å². The van der Waals surface area contributed by atoms with Crippen LogP contribution in [0.1, 0.15) is 42.2 Å². The van der Waals surface area contributed by atoms with Crippen LogP contribution in [0.4, 0.5) is 0 Å². The van der Waals surface area contributed by atoms with Crippen LogP contribution in [-0.2, 0) is 6.54 Å². The molecule has 1 saturated heterocycles. The van der Waals surface area contributed by atoms with Crippen molar-refractivity contribution in [3.63, 3.8) is 0 Å². The lowest BCUT2D eigenvalue weighted by atomic mass is 9.96. The molecular formula is C20H27N3O. The van der Waals surface area contributed by atoms with Crippen LogP contribution in [0.3, 0.4) is 0 Å². The number of likely N-dealkylation sites (tertiary alicyclic amines) is 1. The van der Waals surface area contributed by atoms with Crippen LogP contribution in [-0.4, -0.2) is 35.7 Å². The van der Waals surface area contributed by atoms with Crippen LogP contribution in [0.15, 0.2) is 40.9 Å². The Labute approximate surface area is 144 Å². The van der Waals surface area contributed by atoms with Gasteiger partial charge in [-0.1, -0.05) is 35.5 Å². The van der Waals surface area contributed by atoms with Gasteiger partial charge in [-0.3, -0.25) is 4.90 Å². The number of nitrogens with zero attached hydrogens (tertiary/aromatic N) is 2. The van der Waals surface area contributed by atoms with Crippen molar-refractivity contribution < 1.29 is 4.52 Å². The van der Waals surface area contributed by atoms with E-state index in [9.17, 15) is 0 Å². The monoisotopic (exact) mass is 325 g/mol. The molecule has 128 valence electrons. The number of rotatable bonds is 6. The number of piperidine rings is 1. The zero-order valence-electron chi connectivity index (χ0n) is 14.4. The smallest absolute Gasteiger partial charge is 0.133 e. The van der Waals surface area contributed by atoms with Crippen LogP contribution < -0.4 is 5.32 Å². The molecular weight excluding hydrogens is 298 g/mol. The summed E-state index contributed by atoms with van der Waals surface area (Å²) in [5.41, 5.74) is 2.56. The molecule has 4 heteroatoms. The van der Waals surface area contributed by atoms with Gasteiger partial charge >= 0.3 is 0 Å². The Morgan fingerprint density at radius 1 is 1.21 bits per heavy atom. The van der Waals surface area contributed by atoms with E-state index in [2.05, 4.69) is 45.7 Å². The molecule has 0 amide bonds. The fraction of sp³-hybridized carbons (Fsp3) is 0.550. The molecule has 2 atom stereocenters. The van der Waals surface area contributed by atoms with E-state index in [1.165, 1.54) is 44.5 Å². The second kappa shape index (κ2) is 7.08. The minimum Gasteiger partial charge on any atom is -0.361 e. The molecule has 4 rings (SSSR count). The number of hydrogen-bond donors (Lipinski definition) is 1. The number of aromatic nitrogens is 1. The van der Waals surface area contributed by atoms with Crippen molar-refractivity contribution in [1.82, 2.24) is 15.4 Å². The summed E-state index contributed by atoms with van der Waals surface area (Å²) in [5, 5.41) is 7.90. The minimum absolute atomic E-state index is 0.698. The van der Waals surface area contributed by atoms with Crippen molar-refractivity contribution in [2.24, 2.45) is 5.92 Å². The molecule has 0 spiro atoms. The van der Waals surface area contributed by atoms with Crippen molar-refractivity contribution in [2.75, 3.05) is 19.6 Å². The Morgan fingerprint density at radius 2 is 2.00 bits per heavy atom. The van der Waals surface area contributed by atoms with Crippen LogP contribution in [0.5, 0.6) is 0 Å². The first kappa shape index (κ1) is 15.9. The van der Waals surface area contributed by atoms with Crippen molar-refractivity contribution in [3.05, 3.63) is 53.4 Å². The van der Waals surface area contributed by atoms with Gasteiger partial charge in [0.2, 0.25) is 0 Å². The average molecular weight is 325 g/mol. The van der Waals surface area contributed by atoms with Gasteiger partial charge in [-0.2, -0.15) is 0 Å². The van der Waals surface area contributed by atoms with E-state index in [0.29, 0.717) is 6.04 Å². The Hall–Kier alpha value is -1.65. The highest BCUT2D eigenvalue weighted by Gasteiger charge is 2.38. The summed E-state index contributed by atoms with van der Waals surface area (Å²) in [6, 6.07) is 13.7. The minimum atomic E-state index is 0.698. The number of nitrogens with one attached hydrogen (secondary N) is 1. The van der Waals surface area contributed by atoms with Gasteiger partial charge in [0.1, 0.15) is 5.76 Å². The number of benzene rings is 1. The molecule has 0 bridgehead atoms. The standard InChI is InChI=1S/C20H27N3O/c1-15-11-18(22-24-15)14-23-9-7-16(8-10-23)13-21-20-12-19(20)17-5-3-2-4-6-17/h2-6,11,16,19-21H,7-10,12-14H2,1H3. The maximum Gasteiger partial charge on any atom is 0.133 e. The zero-order valence-corrected chi connectivity index (χ0v) is 14.4. The van der Waals surface area contributed by atoms with E-state index in [1.807, 2.05) is 13.0 Å². The third kappa shape index (κ3) is 3.87. The van der Waals surface area contributed by atoms with Crippen LogP contribution in [0, 0.1) is 12.8 Å². The van der Waals surface area contributed by atoms with E-state index in [1.54, 1.807) is 0 Å². The van der Waals surface area contributed by atoms with E-state index < -0.39 is 0 Å². The van der Waals surface area contributed by atoms with Gasteiger partial charge in [0.25, 0.3) is 0 Å². The molecule has 1 N–H and O–H groups in total. The molecule has 1 aliphatic carbocycles. The number of aryl methyl sites for hydroxylation is 1. The summed E-state index contributed by atoms with van der Waals surface area (Å²) in [5.74, 6) is 2.46. The van der Waals surface area contributed by atoms with Gasteiger partial charge in [-0.15, -0.1) is 0 Å². The van der Waals surface area contributed by atoms with Gasteiger partial charge < -0.3 is 9.84 Å². The third-order valence-corrected chi connectivity index (χ3v) is 5.46. The quantitative estimate of drug-likeness (QED) is 0.884. The van der Waals surface area contributed by atoms with Crippen molar-refractivity contribution in [2.45, 2.75) is 44.7 Å². The van der Waals surface area contributed by atoms with Crippen molar-refractivity contribution >= 4 is 0 Å². The molecule has 4 nitrogen and oxygen atoms in total. The topological polar surface area (TPSA) is 41.3 Å². The Bertz CT molecular complexity index is 646. The van der Waals surface area contributed by atoms with Crippen LogP contribution in [0.25, 0.3) is 0 Å². The van der Waals surface area contributed by atoms with E-state index in [0.717, 1.165) is 29.8 Å². The summed E-state index contributed by atoms with van der Waals surface area (Å²) in [6.07, 6.45) is 3.87. The van der Waals surface area contributed by atoms with E-state index in [4.69, 9.17) is 4.52 Å². The fourth-order valence-corrected chi connectivity index (χ4v) is 3.88. The molecule has 1 aliphatic heterocycles. The summed E-state index contributed by atoms with van der Waals surface area (Å²) >= 11 is 0. The molecule has 2 aliphatic rings. The van der Waals surface area contributed by atoms with Gasteiger partial charge in [-0.25, -0.2) is 0 Å². The van der Waals surface area contributed by atoms with Gasteiger partial charge in [0, 0.05) is 24.6 Å². The summed E-state index contributed by atoms with van der Waals surface area (Å²) < 4.78 is 5.16. The maximum absolute atomic E-state index is 5.16. The first-order valence-electron chi connectivity index (χ1n) is 9.21. The lowest BCUT2D eigenvalue weighted by Gasteiger charge is -2.31. The first-order chi connectivity index (χ1) is 11.8. The summed E-state index contributed by atoms with van der Waals surface area (Å²) in [4.78, 5) is 2.50. The molecule has 0 radical (unpaired) electrons. The van der Waals surface area contributed by atoms with Crippen LogP contribution >= 0.6 is 0 Å². The molecule has 1 aromatic heterocycles. The highest BCUT2D eigenvalue weighted by atomic mass is 16.5. The Morgan fingerprint density at radius 3 is 2.71 bits per heavy atom. The average Bonchev–Trinajstić information content (AvgIpc) is 3.29. The Balaban J connectivity index is 1.16. The SMILES string of the molecule is Cc1cc(CN2CCC(CNC3CC3c3ccccc3)CC2)no1. The second-order valence-electron chi connectivity index (χ2n) is 7.42. The predicted octanol–water partition coefficient (Wildman–Crippen LogP) is 3.34. The lowest BCUT2D eigenvalue weighted by molar-refractivity contribution is 0.171. The molecule has 1 aromatic carbocycles. The Kier molecular flexibility index (Phi) is 4.67. The third-order valence-electron chi connectivity index (χ3n) is 5.46. The van der Waals surface area contributed by atoms with E-state index in [-0.39, 0.29) is 0 Å². The highest BCUT2D eigenvalue weighted by Crippen LogP contribution is 2.40. The van der Waals surface area contributed by atoms with Gasteiger partial charge in [-0.05, 0) is 57.3 Å². The maximum atomic E-state index is 5.16. The molecule has 2 aromatic rings. The van der Waals surface area contributed by atoms with E-state index >= 15 is 0 Å². The molecule has 2 fully saturated rings. The second-order valence-corrected chi connectivity index (χ2v) is 7.42. The molecule has 1 saturated carbocycles. The zero-order chi connectivity index (χ0) is 16.4. The van der Waals surface area contributed by atoms with Crippen molar-refractivity contribution in [3.8, 4) is 0 Å². The molecule has 2 heterocycles. The first-order valence-corrected chi connectivity index (χ1v) is 9.21. The lowest BCUT2D eigenvalue weighted by Crippen LogP contribution is -2.37. The molecule has 24 heavy (non-hydrogen) atoms. The summed E-state index contributed by atoms with van der Waals surface area (Å²) in [6.45, 7) is 6.40. The van der Waals surface area contributed by atoms with Crippen molar-refractivity contribution in [1.29, 1.82) is 0 Å². The van der Waals surface area contributed by atoms with Gasteiger partial charge in [0.15, 0.2) is 0 Å².